The fourth-order valence-electron chi connectivity index (χ4n) is 2.29. The van der Waals surface area contributed by atoms with Gasteiger partial charge in [0.05, 0.1) is 0 Å². The van der Waals surface area contributed by atoms with Crippen molar-refractivity contribution >= 4 is 11.6 Å². The average molecular weight is 246 g/mol. The molecule has 0 aromatic heterocycles. The lowest BCUT2D eigenvalue weighted by molar-refractivity contribution is -0.129. The molecule has 1 aromatic rings. The predicted octanol–water partition coefficient (Wildman–Crippen LogP) is 2.41. The molecule has 0 spiro atoms. The van der Waals surface area contributed by atoms with Crippen molar-refractivity contribution in [2.45, 2.75) is 38.6 Å². The lowest BCUT2D eigenvalue weighted by atomic mass is 9.86. The number of nitrogens with one attached hydrogen (secondary N) is 1. The number of carbonyl (C=O) groups is 1. The van der Waals surface area contributed by atoms with Crippen LogP contribution in [-0.2, 0) is 16.6 Å². The van der Waals surface area contributed by atoms with Crippen molar-refractivity contribution in [3.8, 4) is 0 Å². The number of likely N-dealkylation sites (N-methyl/N-ethyl adjacent to an activating group) is 1. The normalized spacial score (nSPS) is 18.2. The Bertz CT molecular complexity index is 472. The number of hydrogen-bond donors (Lipinski definition) is 1. The molecule has 1 unspecified atom stereocenters. The van der Waals surface area contributed by atoms with Crippen LogP contribution >= 0.6 is 0 Å². The van der Waals surface area contributed by atoms with Crippen LogP contribution in [0, 0.1) is 0 Å². The van der Waals surface area contributed by atoms with Gasteiger partial charge in [0.25, 0.3) is 0 Å². The van der Waals surface area contributed by atoms with Gasteiger partial charge in [-0.3, -0.25) is 4.79 Å². The zero-order valence-electron chi connectivity index (χ0n) is 11.9. The van der Waals surface area contributed by atoms with Crippen molar-refractivity contribution in [3.63, 3.8) is 0 Å². The molecule has 98 valence electrons. The van der Waals surface area contributed by atoms with Gasteiger partial charge in [0.15, 0.2) is 0 Å². The zero-order valence-corrected chi connectivity index (χ0v) is 11.9. The summed E-state index contributed by atoms with van der Waals surface area (Å²) in [5.74, 6) is 0.142. The van der Waals surface area contributed by atoms with Crippen molar-refractivity contribution in [2.75, 3.05) is 19.4 Å². The maximum atomic E-state index is 12.0. The molecule has 0 bridgehead atoms. The molecule has 0 saturated heterocycles. The summed E-state index contributed by atoms with van der Waals surface area (Å²) in [5, 5.41) is 3.30. The molecule has 1 aromatic carbocycles. The number of carbonyl (C=O) groups excluding carboxylic acids is 1. The number of anilines is 1. The first-order valence-corrected chi connectivity index (χ1v) is 6.40. The van der Waals surface area contributed by atoms with Gasteiger partial charge in [-0.05, 0) is 22.6 Å². The molecule has 3 heteroatoms. The minimum Gasteiger partial charge on any atom is -0.373 e. The average Bonchev–Trinajstić information content (AvgIpc) is 2.68. The third kappa shape index (κ3) is 2.35. The largest absolute Gasteiger partial charge is 0.373 e. The summed E-state index contributed by atoms with van der Waals surface area (Å²) < 4.78 is 0. The van der Waals surface area contributed by atoms with E-state index in [1.807, 2.05) is 0 Å². The van der Waals surface area contributed by atoms with Gasteiger partial charge in [0, 0.05) is 26.2 Å². The second kappa shape index (κ2) is 4.30. The summed E-state index contributed by atoms with van der Waals surface area (Å²) in [6.45, 7) is 6.62. The molecule has 1 heterocycles. The Kier molecular flexibility index (Phi) is 3.09. The standard InChI is InChI=1S/C15H22N2O/c1-15(2,3)11-6-7-12-10(8-11)9-13(16-12)14(18)17(4)5/h6-8,13,16H,9H2,1-5H3. The van der Waals surface area contributed by atoms with Crippen molar-refractivity contribution < 1.29 is 4.79 Å². The zero-order chi connectivity index (χ0) is 13.5. The summed E-state index contributed by atoms with van der Waals surface area (Å²) in [7, 11) is 3.60. The summed E-state index contributed by atoms with van der Waals surface area (Å²) in [4.78, 5) is 13.6. The number of hydrogen-bond acceptors (Lipinski definition) is 2. The molecule has 1 N–H and O–H groups in total. The van der Waals surface area contributed by atoms with Crippen molar-refractivity contribution in [1.29, 1.82) is 0 Å². The topological polar surface area (TPSA) is 32.3 Å². The van der Waals surface area contributed by atoms with E-state index < -0.39 is 0 Å². The molecule has 0 fully saturated rings. The molecular weight excluding hydrogens is 224 g/mol. The van der Waals surface area contributed by atoms with E-state index in [0.717, 1.165) is 12.1 Å². The van der Waals surface area contributed by atoms with Crippen LogP contribution in [0.15, 0.2) is 18.2 Å². The second-order valence-electron chi connectivity index (χ2n) is 6.26. The molecule has 1 aliphatic heterocycles. The number of nitrogens with zero attached hydrogens (tertiary/aromatic N) is 1. The van der Waals surface area contributed by atoms with Crippen LogP contribution in [-0.4, -0.2) is 30.9 Å². The van der Waals surface area contributed by atoms with E-state index >= 15 is 0 Å². The van der Waals surface area contributed by atoms with E-state index in [0.29, 0.717) is 0 Å². The highest BCUT2D eigenvalue weighted by Gasteiger charge is 2.28. The van der Waals surface area contributed by atoms with Gasteiger partial charge >= 0.3 is 0 Å². The molecule has 2 rings (SSSR count). The Morgan fingerprint density at radius 3 is 2.56 bits per heavy atom. The van der Waals surface area contributed by atoms with Gasteiger partial charge in [0.1, 0.15) is 6.04 Å². The first-order chi connectivity index (χ1) is 8.29. The van der Waals surface area contributed by atoms with E-state index in [1.165, 1.54) is 11.1 Å². The molecule has 1 atom stereocenters. The number of amides is 1. The van der Waals surface area contributed by atoms with Crippen molar-refractivity contribution in [2.24, 2.45) is 0 Å². The summed E-state index contributed by atoms with van der Waals surface area (Å²) >= 11 is 0. The van der Waals surface area contributed by atoms with Crippen LogP contribution < -0.4 is 5.32 Å². The lowest BCUT2D eigenvalue weighted by Crippen LogP contribution is -2.37. The van der Waals surface area contributed by atoms with Crippen LogP contribution in [0.3, 0.4) is 0 Å². The van der Waals surface area contributed by atoms with E-state index in [2.05, 4.69) is 44.3 Å². The molecule has 18 heavy (non-hydrogen) atoms. The molecule has 1 aliphatic rings. The lowest BCUT2D eigenvalue weighted by Gasteiger charge is -2.19. The first kappa shape index (κ1) is 12.9. The van der Waals surface area contributed by atoms with Crippen LogP contribution in [0.4, 0.5) is 5.69 Å². The van der Waals surface area contributed by atoms with E-state index in [9.17, 15) is 4.79 Å². The van der Waals surface area contributed by atoms with Gasteiger partial charge in [-0.15, -0.1) is 0 Å². The highest BCUT2D eigenvalue weighted by atomic mass is 16.2. The van der Waals surface area contributed by atoms with Gasteiger partial charge < -0.3 is 10.2 Å². The Hall–Kier alpha value is -1.51. The van der Waals surface area contributed by atoms with Crippen molar-refractivity contribution in [3.05, 3.63) is 29.3 Å². The molecule has 3 nitrogen and oxygen atoms in total. The molecule has 1 amide bonds. The molecule has 0 radical (unpaired) electrons. The fraction of sp³-hybridized carbons (Fsp3) is 0.533. The molecule has 0 saturated carbocycles. The minimum absolute atomic E-state index is 0.106. The van der Waals surface area contributed by atoms with E-state index in [-0.39, 0.29) is 17.4 Å². The maximum absolute atomic E-state index is 12.0. The SMILES string of the molecule is CN(C)C(=O)C1Cc2cc(C(C)(C)C)ccc2N1. The predicted molar refractivity (Wildman–Crippen MR) is 75.0 cm³/mol. The highest BCUT2D eigenvalue weighted by molar-refractivity contribution is 5.87. The third-order valence-corrected chi connectivity index (χ3v) is 3.46. The van der Waals surface area contributed by atoms with Crippen LogP contribution in [0.1, 0.15) is 31.9 Å². The van der Waals surface area contributed by atoms with Gasteiger partial charge in [-0.25, -0.2) is 0 Å². The number of fused-ring (bicyclic) bond motifs is 1. The van der Waals surface area contributed by atoms with Gasteiger partial charge in [-0.1, -0.05) is 32.9 Å². The van der Waals surface area contributed by atoms with E-state index in [1.54, 1.807) is 19.0 Å². The van der Waals surface area contributed by atoms with Crippen molar-refractivity contribution in [1.82, 2.24) is 4.90 Å². The number of rotatable bonds is 1. The van der Waals surface area contributed by atoms with Gasteiger partial charge in [0.2, 0.25) is 5.91 Å². The highest BCUT2D eigenvalue weighted by Crippen LogP contribution is 2.31. The van der Waals surface area contributed by atoms with Crippen LogP contribution in [0.5, 0.6) is 0 Å². The quantitative estimate of drug-likeness (QED) is 0.825. The van der Waals surface area contributed by atoms with Crippen LogP contribution in [0.25, 0.3) is 0 Å². The van der Waals surface area contributed by atoms with Crippen LogP contribution in [0.2, 0.25) is 0 Å². The third-order valence-electron chi connectivity index (χ3n) is 3.46. The summed E-state index contributed by atoms with van der Waals surface area (Å²) in [5.41, 5.74) is 3.82. The fourth-order valence-corrected chi connectivity index (χ4v) is 2.29. The second-order valence-corrected chi connectivity index (χ2v) is 6.26. The minimum atomic E-state index is -0.106. The number of benzene rings is 1. The maximum Gasteiger partial charge on any atom is 0.244 e. The Balaban J connectivity index is 2.23. The summed E-state index contributed by atoms with van der Waals surface area (Å²) in [6.07, 6.45) is 0.788. The summed E-state index contributed by atoms with van der Waals surface area (Å²) in [6, 6.07) is 6.36. The first-order valence-electron chi connectivity index (χ1n) is 6.40. The van der Waals surface area contributed by atoms with E-state index in [4.69, 9.17) is 0 Å². The monoisotopic (exact) mass is 246 g/mol. The smallest absolute Gasteiger partial charge is 0.244 e. The molecule has 0 aliphatic carbocycles. The Morgan fingerprint density at radius 1 is 1.33 bits per heavy atom. The Morgan fingerprint density at radius 2 is 2.00 bits per heavy atom. The van der Waals surface area contributed by atoms with Gasteiger partial charge in [-0.2, -0.15) is 0 Å². The Labute approximate surface area is 109 Å². The molecular formula is C15H22N2O.